The van der Waals surface area contributed by atoms with Gasteiger partial charge in [-0.05, 0) is 48.4 Å². The summed E-state index contributed by atoms with van der Waals surface area (Å²) in [5.74, 6) is 0.206. The SMILES string of the molecule is COCCOc1cc(F)c2c(c1)CC[C@@H]2Cc1nc2nc(O[C@@H]3CO[C@H]4[C@@H]3OC[C@H]4O)[nH]c2cc1Cl. The second-order valence-corrected chi connectivity index (χ2v) is 9.82. The first-order valence-corrected chi connectivity index (χ1v) is 12.4. The van der Waals surface area contributed by atoms with Crippen LogP contribution in [-0.4, -0.2) is 78.0 Å². The van der Waals surface area contributed by atoms with E-state index in [4.69, 9.17) is 35.3 Å². The number of pyridine rings is 1. The monoisotopic (exact) mass is 519 g/mol. The largest absolute Gasteiger partial charge is 0.491 e. The van der Waals surface area contributed by atoms with Gasteiger partial charge >= 0.3 is 0 Å². The number of fused-ring (bicyclic) bond motifs is 3. The number of nitrogens with one attached hydrogen (secondary N) is 1. The van der Waals surface area contributed by atoms with Crippen LogP contribution in [0.2, 0.25) is 5.02 Å². The number of H-pyrrole nitrogens is 1. The van der Waals surface area contributed by atoms with Crippen molar-refractivity contribution in [1.82, 2.24) is 15.0 Å². The third-order valence-corrected chi connectivity index (χ3v) is 7.40. The molecule has 2 aliphatic heterocycles. The molecule has 2 N–H and O–H groups in total. The molecule has 2 aromatic heterocycles. The van der Waals surface area contributed by atoms with Crippen molar-refractivity contribution in [1.29, 1.82) is 0 Å². The van der Waals surface area contributed by atoms with Crippen molar-refractivity contribution in [2.45, 2.75) is 49.6 Å². The fourth-order valence-electron chi connectivity index (χ4n) is 5.37. The summed E-state index contributed by atoms with van der Waals surface area (Å²) in [4.78, 5) is 12.2. The summed E-state index contributed by atoms with van der Waals surface area (Å²) in [6.45, 7) is 1.34. The number of aromatic nitrogens is 3. The molecule has 5 atom stereocenters. The van der Waals surface area contributed by atoms with E-state index in [0.29, 0.717) is 59.4 Å². The molecule has 0 spiro atoms. The minimum Gasteiger partial charge on any atom is -0.491 e. The standard InChI is InChI=1S/C25H27ClFN3O6/c1-32-4-5-33-14-6-12-2-3-13(21(12)16(27)8-14)7-17-15(26)9-18-24(28-17)30-25(29-18)36-20-11-35-22-19(31)10-34-23(20)22/h6,8-9,13,19-20,22-23,31H,2-5,7,10-11H2,1H3,(H,28,29,30)/t13-,19-,20-,22-,23-/m1/s1. The molecule has 3 aromatic rings. The van der Waals surface area contributed by atoms with Crippen LogP contribution in [0.1, 0.15) is 29.2 Å². The summed E-state index contributed by atoms with van der Waals surface area (Å²) in [6.07, 6.45) is 0.296. The van der Waals surface area contributed by atoms with Gasteiger partial charge in [-0.15, -0.1) is 0 Å². The fraction of sp³-hybridized carbons (Fsp3) is 0.520. The van der Waals surface area contributed by atoms with Gasteiger partial charge in [0.1, 0.15) is 36.5 Å². The highest BCUT2D eigenvalue weighted by molar-refractivity contribution is 6.31. The van der Waals surface area contributed by atoms with E-state index >= 15 is 4.39 Å². The highest BCUT2D eigenvalue weighted by Gasteiger charge is 2.48. The summed E-state index contributed by atoms with van der Waals surface area (Å²) >= 11 is 6.57. The molecule has 11 heteroatoms. The van der Waals surface area contributed by atoms with E-state index in [9.17, 15) is 5.11 Å². The second-order valence-electron chi connectivity index (χ2n) is 9.41. The van der Waals surface area contributed by atoms with E-state index < -0.39 is 6.10 Å². The Bertz CT molecular complexity index is 1270. The van der Waals surface area contributed by atoms with Crippen LogP contribution in [0.25, 0.3) is 11.2 Å². The topological polar surface area (TPSA) is 108 Å². The first-order chi connectivity index (χ1) is 17.5. The molecule has 0 bridgehead atoms. The number of aliphatic hydroxyl groups is 1. The minimum absolute atomic E-state index is 0.0383. The maximum absolute atomic E-state index is 15.0. The zero-order valence-electron chi connectivity index (χ0n) is 19.7. The van der Waals surface area contributed by atoms with E-state index in [2.05, 4.69) is 15.0 Å². The molecule has 36 heavy (non-hydrogen) atoms. The van der Waals surface area contributed by atoms with Gasteiger partial charge in [-0.1, -0.05) is 11.6 Å². The number of aromatic amines is 1. The van der Waals surface area contributed by atoms with Crippen molar-refractivity contribution >= 4 is 22.8 Å². The van der Waals surface area contributed by atoms with Gasteiger partial charge < -0.3 is 33.8 Å². The Balaban J connectivity index is 1.18. The van der Waals surface area contributed by atoms with Crippen LogP contribution in [-0.2, 0) is 27.1 Å². The highest BCUT2D eigenvalue weighted by Crippen LogP contribution is 2.40. The van der Waals surface area contributed by atoms with Crippen molar-refractivity contribution < 1.29 is 33.2 Å². The summed E-state index contributed by atoms with van der Waals surface area (Å²) in [6, 6.07) is 5.39. The Hall–Kier alpha value is -2.50. The summed E-state index contributed by atoms with van der Waals surface area (Å²) in [5.41, 5.74) is 3.42. The Labute approximate surface area is 211 Å². The summed E-state index contributed by atoms with van der Waals surface area (Å²) in [5, 5.41) is 10.4. The lowest BCUT2D eigenvalue weighted by Crippen LogP contribution is -2.34. The maximum Gasteiger partial charge on any atom is 0.296 e. The number of methoxy groups -OCH3 is 1. The highest BCUT2D eigenvalue weighted by atomic mass is 35.5. The van der Waals surface area contributed by atoms with Gasteiger partial charge in [-0.3, -0.25) is 0 Å². The lowest BCUT2D eigenvalue weighted by molar-refractivity contribution is 0.00706. The number of hydrogen-bond donors (Lipinski definition) is 2. The molecular weight excluding hydrogens is 493 g/mol. The van der Waals surface area contributed by atoms with E-state index in [0.717, 1.165) is 18.4 Å². The fourth-order valence-corrected chi connectivity index (χ4v) is 5.60. The number of imidazole rings is 1. The molecule has 0 saturated carbocycles. The van der Waals surface area contributed by atoms with Gasteiger partial charge in [0.05, 0.1) is 36.1 Å². The van der Waals surface area contributed by atoms with Crippen LogP contribution in [0.15, 0.2) is 18.2 Å². The molecule has 0 radical (unpaired) electrons. The quantitative estimate of drug-likeness (QED) is 0.437. The molecule has 0 unspecified atom stereocenters. The van der Waals surface area contributed by atoms with Crippen molar-refractivity contribution in [3.05, 3.63) is 45.9 Å². The van der Waals surface area contributed by atoms with Gasteiger partial charge in [-0.2, -0.15) is 4.98 Å². The van der Waals surface area contributed by atoms with Crippen molar-refractivity contribution in [3.8, 4) is 11.8 Å². The molecule has 2 fully saturated rings. The number of rotatable bonds is 8. The first-order valence-electron chi connectivity index (χ1n) is 12.1. The van der Waals surface area contributed by atoms with E-state index in [1.807, 2.05) is 6.07 Å². The molecule has 2 saturated heterocycles. The number of hydrogen-bond acceptors (Lipinski definition) is 8. The van der Waals surface area contributed by atoms with E-state index in [1.165, 1.54) is 6.07 Å². The third kappa shape index (κ3) is 4.41. The van der Waals surface area contributed by atoms with Gasteiger partial charge in [0.2, 0.25) is 0 Å². The Morgan fingerprint density at radius 1 is 1.17 bits per heavy atom. The van der Waals surface area contributed by atoms with Crippen LogP contribution in [0, 0.1) is 5.82 Å². The van der Waals surface area contributed by atoms with Gasteiger partial charge in [-0.25, -0.2) is 9.37 Å². The van der Waals surface area contributed by atoms with Crippen LogP contribution < -0.4 is 9.47 Å². The van der Waals surface area contributed by atoms with Gasteiger partial charge in [0.15, 0.2) is 11.8 Å². The Morgan fingerprint density at radius 2 is 2.03 bits per heavy atom. The summed E-state index contributed by atoms with van der Waals surface area (Å²) in [7, 11) is 1.60. The summed E-state index contributed by atoms with van der Waals surface area (Å²) < 4.78 is 42.8. The smallest absolute Gasteiger partial charge is 0.296 e. The molecular formula is C25H27ClFN3O6. The van der Waals surface area contributed by atoms with Crippen molar-refractivity contribution in [3.63, 3.8) is 0 Å². The zero-order chi connectivity index (χ0) is 24.8. The van der Waals surface area contributed by atoms with Crippen molar-refractivity contribution in [2.75, 3.05) is 33.5 Å². The van der Waals surface area contributed by atoms with Crippen LogP contribution >= 0.6 is 11.6 Å². The molecule has 192 valence electrons. The Kier molecular flexibility index (Phi) is 6.47. The van der Waals surface area contributed by atoms with E-state index in [1.54, 1.807) is 13.2 Å². The predicted octanol–water partition coefficient (Wildman–Crippen LogP) is 2.95. The number of benzene rings is 1. The Morgan fingerprint density at radius 3 is 2.89 bits per heavy atom. The number of nitrogens with zero attached hydrogens (tertiary/aromatic N) is 2. The number of ether oxygens (including phenoxy) is 5. The molecule has 0 amide bonds. The first kappa shape index (κ1) is 23.9. The van der Waals surface area contributed by atoms with Crippen molar-refractivity contribution in [2.24, 2.45) is 0 Å². The molecule has 1 aliphatic carbocycles. The molecule has 9 nitrogen and oxygen atoms in total. The molecule has 6 rings (SSSR count). The molecule has 4 heterocycles. The number of aryl methyl sites for hydroxylation is 1. The zero-order valence-corrected chi connectivity index (χ0v) is 20.5. The van der Waals surface area contributed by atoms with Gasteiger partial charge in [0, 0.05) is 13.2 Å². The average Bonchev–Trinajstić information content (AvgIpc) is 3.61. The minimum atomic E-state index is -0.650. The average molecular weight is 520 g/mol. The van der Waals surface area contributed by atoms with Gasteiger partial charge in [0.25, 0.3) is 6.01 Å². The maximum atomic E-state index is 15.0. The van der Waals surface area contributed by atoms with Crippen LogP contribution in [0.4, 0.5) is 4.39 Å². The number of aliphatic hydroxyl groups excluding tert-OH is 1. The molecule has 1 aromatic carbocycles. The molecule has 3 aliphatic rings. The van der Waals surface area contributed by atoms with Crippen LogP contribution in [0.3, 0.4) is 0 Å². The lowest BCUT2D eigenvalue weighted by Gasteiger charge is -2.15. The normalized spacial score (nSPS) is 26.9. The number of halogens is 2. The second kappa shape index (κ2) is 9.75. The third-order valence-electron chi connectivity index (χ3n) is 7.08. The van der Waals surface area contributed by atoms with Crippen LogP contribution in [0.5, 0.6) is 11.8 Å². The lowest BCUT2D eigenvalue weighted by atomic mass is 9.95. The van der Waals surface area contributed by atoms with E-state index in [-0.39, 0.29) is 42.7 Å². The predicted molar refractivity (Wildman–Crippen MR) is 127 cm³/mol.